The zero-order chi connectivity index (χ0) is 14.8. The van der Waals surface area contributed by atoms with Crippen LogP contribution < -0.4 is 0 Å². The van der Waals surface area contributed by atoms with Crippen LogP contribution in [-0.4, -0.2) is 35.6 Å². The average molecular weight is 275 g/mol. The van der Waals surface area contributed by atoms with E-state index in [4.69, 9.17) is 0 Å². The Bertz CT molecular complexity index is 482. The number of hydrogen-bond acceptors (Lipinski definition) is 2. The molecule has 1 N–H and O–H groups in total. The Morgan fingerprint density at radius 2 is 1.90 bits per heavy atom. The second-order valence-corrected chi connectivity index (χ2v) is 6.10. The Kier molecular flexibility index (Phi) is 4.48. The van der Waals surface area contributed by atoms with Gasteiger partial charge in [-0.25, -0.2) is 0 Å². The molecule has 0 aliphatic carbocycles. The molecule has 0 unspecified atom stereocenters. The van der Waals surface area contributed by atoms with Gasteiger partial charge in [0, 0.05) is 25.3 Å². The predicted octanol–water partition coefficient (Wildman–Crippen LogP) is 2.93. The molecule has 2 rings (SSSR count). The third-order valence-corrected chi connectivity index (χ3v) is 4.95. The molecular formula is C17H25NO2. The molecule has 1 aromatic rings. The quantitative estimate of drug-likeness (QED) is 0.921. The molecule has 20 heavy (non-hydrogen) atoms. The standard InChI is InChI=1S/C17H25NO2/c1-4-17(12-19)7-9-18(10-8-17)16(20)15-6-5-13(2)14(3)11-15/h5-6,11,19H,4,7-10,12H2,1-3H3. The first-order valence-electron chi connectivity index (χ1n) is 7.49. The highest BCUT2D eigenvalue weighted by Crippen LogP contribution is 2.34. The molecule has 0 saturated carbocycles. The summed E-state index contributed by atoms with van der Waals surface area (Å²) >= 11 is 0. The highest BCUT2D eigenvalue weighted by atomic mass is 16.3. The fourth-order valence-corrected chi connectivity index (χ4v) is 2.86. The lowest BCUT2D eigenvalue weighted by atomic mass is 9.77. The summed E-state index contributed by atoms with van der Waals surface area (Å²) in [6, 6.07) is 5.90. The molecule has 1 fully saturated rings. The van der Waals surface area contributed by atoms with E-state index >= 15 is 0 Å². The van der Waals surface area contributed by atoms with Crippen LogP contribution in [0, 0.1) is 19.3 Å². The Balaban J connectivity index is 2.06. The number of piperidine rings is 1. The van der Waals surface area contributed by atoms with Gasteiger partial charge in [0.05, 0.1) is 0 Å². The van der Waals surface area contributed by atoms with Gasteiger partial charge in [0.15, 0.2) is 0 Å². The molecule has 1 amide bonds. The van der Waals surface area contributed by atoms with Crippen LogP contribution in [0.3, 0.4) is 0 Å². The third kappa shape index (κ3) is 2.88. The summed E-state index contributed by atoms with van der Waals surface area (Å²) in [6.07, 6.45) is 2.78. The first-order valence-corrected chi connectivity index (χ1v) is 7.49. The molecule has 1 aliphatic rings. The number of benzene rings is 1. The minimum atomic E-state index is 0.0278. The van der Waals surface area contributed by atoms with E-state index in [0.717, 1.165) is 43.5 Å². The average Bonchev–Trinajstić information content (AvgIpc) is 2.49. The molecule has 3 nitrogen and oxygen atoms in total. The van der Waals surface area contributed by atoms with Gasteiger partial charge in [-0.15, -0.1) is 0 Å². The van der Waals surface area contributed by atoms with Crippen LogP contribution in [0.1, 0.15) is 47.7 Å². The van der Waals surface area contributed by atoms with Gasteiger partial charge >= 0.3 is 0 Å². The summed E-state index contributed by atoms with van der Waals surface area (Å²) in [5.41, 5.74) is 3.18. The lowest BCUT2D eigenvalue weighted by molar-refractivity contribution is 0.0338. The largest absolute Gasteiger partial charge is 0.396 e. The van der Waals surface area contributed by atoms with E-state index in [0.29, 0.717) is 0 Å². The number of aliphatic hydroxyl groups excluding tert-OH is 1. The van der Waals surface area contributed by atoms with Crippen LogP contribution in [0.2, 0.25) is 0 Å². The van der Waals surface area contributed by atoms with Gasteiger partial charge in [-0.05, 0) is 61.8 Å². The molecular weight excluding hydrogens is 250 g/mol. The van der Waals surface area contributed by atoms with Crippen molar-refractivity contribution in [2.75, 3.05) is 19.7 Å². The zero-order valence-corrected chi connectivity index (χ0v) is 12.8. The summed E-state index contributed by atoms with van der Waals surface area (Å²) < 4.78 is 0. The fourth-order valence-electron chi connectivity index (χ4n) is 2.86. The third-order valence-electron chi connectivity index (χ3n) is 4.95. The van der Waals surface area contributed by atoms with E-state index in [1.165, 1.54) is 5.56 Å². The molecule has 1 aromatic carbocycles. The second kappa shape index (κ2) is 5.96. The van der Waals surface area contributed by atoms with Crippen LogP contribution in [0.4, 0.5) is 0 Å². The molecule has 0 spiro atoms. The Morgan fingerprint density at radius 3 is 2.40 bits per heavy atom. The van der Waals surface area contributed by atoms with Gasteiger partial charge in [-0.1, -0.05) is 13.0 Å². The molecule has 1 aliphatic heterocycles. The number of carbonyl (C=O) groups is 1. The van der Waals surface area contributed by atoms with Crippen molar-refractivity contribution in [1.29, 1.82) is 0 Å². The molecule has 0 bridgehead atoms. The first-order chi connectivity index (χ1) is 9.51. The van der Waals surface area contributed by atoms with Gasteiger partial charge in [-0.2, -0.15) is 0 Å². The molecule has 3 heteroatoms. The molecule has 110 valence electrons. The number of aliphatic hydroxyl groups is 1. The van der Waals surface area contributed by atoms with Gasteiger partial charge in [-0.3, -0.25) is 4.79 Å². The monoisotopic (exact) mass is 275 g/mol. The zero-order valence-electron chi connectivity index (χ0n) is 12.8. The number of amides is 1. The highest BCUT2D eigenvalue weighted by Gasteiger charge is 2.34. The van der Waals surface area contributed by atoms with Crippen molar-refractivity contribution in [3.05, 3.63) is 34.9 Å². The molecule has 1 heterocycles. The van der Waals surface area contributed by atoms with Crippen molar-refractivity contribution < 1.29 is 9.90 Å². The number of carbonyl (C=O) groups excluding carboxylic acids is 1. The number of aryl methyl sites for hydroxylation is 2. The van der Waals surface area contributed by atoms with Crippen molar-refractivity contribution in [3.8, 4) is 0 Å². The van der Waals surface area contributed by atoms with Crippen LogP contribution in [-0.2, 0) is 0 Å². The Labute approximate surface area is 121 Å². The van der Waals surface area contributed by atoms with Gasteiger partial charge < -0.3 is 10.0 Å². The summed E-state index contributed by atoms with van der Waals surface area (Å²) in [7, 11) is 0. The minimum Gasteiger partial charge on any atom is -0.396 e. The van der Waals surface area contributed by atoms with Gasteiger partial charge in [0.2, 0.25) is 0 Å². The summed E-state index contributed by atoms with van der Waals surface area (Å²) in [6.45, 7) is 7.95. The number of rotatable bonds is 3. The number of hydrogen-bond donors (Lipinski definition) is 1. The van der Waals surface area contributed by atoms with E-state index in [9.17, 15) is 9.90 Å². The van der Waals surface area contributed by atoms with E-state index < -0.39 is 0 Å². The van der Waals surface area contributed by atoms with Crippen molar-refractivity contribution >= 4 is 5.91 Å². The topological polar surface area (TPSA) is 40.5 Å². The van der Waals surface area contributed by atoms with E-state index in [1.54, 1.807) is 0 Å². The van der Waals surface area contributed by atoms with Gasteiger partial charge in [0.25, 0.3) is 5.91 Å². The smallest absolute Gasteiger partial charge is 0.253 e. The lowest BCUT2D eigenvalue weighted by Crippen LogP contribution is -2.44. The molecule has 1 saturated heterocycles. The maximum atomic E-state index is 12.5. The number of nitrogens with zero attached hydrogens (tertiary/aromatic N) is 1. The highest BCUT2D eigenvalue weighted by molar-refractivity contribution is 5.94. The van der Waals surface area contributed by atoms with Crippen LogP contribution in [0.25, 0.3) is 0 Å². The summed E-state index contributed by atoms with van der Waals surface area (Å²) in [5.74, 6) is 0.121. The maximum absolute atomic E-state index is 12.5. The van der Waals surface area contributed by atoms with E-state index in [-0.39, 0.29) is 17.9 Å². The van der Waals surface area contributed by atoms with Gasteiger partial charge in [0.1, 0.15) is 0 Å². The SMILES string of the molecule is CCC1(CO)CCN(C(=O)c2ccc(C)c(C)c2)CC1. The lowest BCUT2D eigenvalue weighted by Gasteiger charge is -2.40. The van der Waals surface area contributed by atoms with Crippen LogP contribution in [0.5, 0.6) is 0 Å². The van der Waals surface area contributed by atoms with Crippen molar-refractivity contribution in [3.63, 3.8) is 0 Å². The van der Waals surface area contributed by atoms with Crippen molar-refractivity contribution in [2.24, 2.45) is 5.41 Å². The number of likely N-dealkylation sites (tertiary alicyclic amines) is 1. The van der Waals surface area contributed by atoms with Crippen molar-refractivity contribution in [1.82, 2.24) is 4.90 Å². The minimum absolute atomic E-state index is 0.0278. The van der Waals surface area contributed by atoms with Crippen molar-refractivity contribution in [2.45, 2.75) is 40.0 Å². The second-order valence-electron chi connectivity index (χ2n) is 6.10. The molecule has 0 atom stereocenters. The normalized spacial score (nSPS) is 18.1. The first kappa shape index (κ1) is 15.0. The summed E-state index contributed by atoms with van der Waals surface area (Å²) in [5, 5.41) is 9.55. The fraction of sp³-hybridized carbons (Fsp3) is 0.588. The Morgan fingerprint density at radius 1 is 1.25 bits per heavy atom. The molecule has 0 radical (unpaired) electrons. The van der Waals surface area contributed by atoms with Crippen LogP contribution in [0.15, 0.2) is 18.2 Å². The van der Waals surface area contributed by atoms with E-state index in [2.05, 4.69) is 13.8 Å². The molecule has 0 aromatic heterocycles. The Hall–Kier alpha value is -1.35. The van der Waals surface area contributed by atoms with E-state index in [1.807, 2.05) is 30.0 Å². The maximum Gasteiger partial charge on any atom is 0.253 e. The van der Waals surface area contributed by atoms with Crippen LogP contribution >= 0.6 is 0 Å². The predicted molar refractivity (Wildman–Crippen MR) is 80.9 cm³/mol. The summed E-state index contributed by atoms with van der Waals surface area (Å²) in [4.78, 5) is 14.4.